The molecule has 1 rings (SSSR count). The molecule has 1 amide bonds. The zero-order valence-electron chi connectivity index (χ0n) is 12.8. The van der Waals surface area contributed by atoms with Gasteiger partial charge >= 0.3 is 6.09 Å². The third kappa shape index (κ3) is 5.37. The van der Waals surface area contributed by atoms with Gasteiger partial charge in [-0.1, -0.05) is 6.92 Å². The Labute approximate surface area is 116 Å². The number of ether oxygens (including phenoxy) is 1. The van der Waals surface area contributed by atoms with Crippen LogP contribution in [0.2, 0.25) is 0 Å². The van der Waals surface area contributed by atoms with Crippen molar-refractivity contribution in [2.45, 2.75) is 58.8 Å². The Morgan fingerprint density at radius 3 is 2.53 bits per heavy atom. The predicted molar refractivity (Wildman–Crippen MR) is 75.1 cm³/mol. The van der Waals surface area contributed by atoms with Crippen molar-refractivity contribution in [1.29, 1.82) is 0 Å². The topological polar surface area (TPSA) is 53.0 Å². The molecule has 1 saturated heterocycles. The molecular formula is C14H28N2O3. The summed E-state index contributed by atoms with van der Waals surface area (Å²) in [7, 11) is 0. The zero-order valence-corrected chi connectivity index (χ0v) is 12.8. The van der Waals surface area contributed by atoms with Crippen LogP contribution in [0, 0.1) is 0 Å². The van der Waals surface area contributed by atoms with Crippen molar-refractivity contribution in [2.24, 2.45) is 0 Å². The van der Waals surface area contributed by atoms with Gasteiger partial charge in [0.2, 0.25) is 0 Å². The molecule has 0 unspecified atom stereocenters. The molecule has 5 nitrogen and oxygen atoms in total. The maximum atomic E-state index is 12.0. The summed E-state index contributed by atoms with van der Waals surface area (Å²) in [5, 5.41) is 9.68. The Morgan fingerprint density at radius 1 is 1.42 bits per heavy atom. The molecule has 2 atom stereocenters. The minimum atomic E-state index is -0.452. The molecule has 0 aromatic rings. The van der Waals surface area contributed by atoms with Crippen molar-refractivity contribution in [3.05, 3.63) is 0 Å². The van der Waals surface area contributed by atoms with E-state index in [2.05, 4.69) is 4.90 Å². The molecule has 112 valence electrons. The number of carbonyl (C=O) groups excluding carboxylic acids is 1. The summed E-state index contributed by atoms with van der Waals surface area (Å²) in [6, 6.07) is 0.118. The van der Waals surface area contributed by atoms with E-state index in [0.29, 0.717) is 13.1 Å². The van der Waals surface area contributed by atoms with Crippen LogP contribution in [0.25, 0.3) is 0 Å². The fraction of sp³-hybridized carbons (Fsp3) is 0.929. The Morgan fingerprint density at radius 2 is 2.05 bits per heavy atom. The first-order valence-electron chi connectivity index (χ1n) is 7.13. The third-order valence-corrected chi connectivity index (χ3v) is 3.28. The quantitative estimate of drug-likeness (QED) is 0.849. The smallest absolute Gasteiger partial charge is 0.410 e. The highest BCUT2D eigenvalue weighted by molar-refractivity contribution is 5.68. The van der Waals surface area contributed by atoms with Crippen LogP contribution in [0.4, 0.5) is 4.79 Å². The molecule has 1 heterocycles. The number of aliphatic hydroxyl groups excluding tert-OH is 1. The van der Waals surface area contributed by atoms with Crippen molar-refractivity contribution in [3.8, 4) is 0 Å². The van der Waals surface area contributed by atoms with Gasteiger partial charge < -0.3 is 14.7 Å². The maximum absolute atomic E-state index is 12.0. The van der Waals surface area contributed by atoms with Crippen molar-refractivity contribution < 1.29 is 14.6 Å². The van der Waals surface area contributed by atoms with Gasteiger partial charge in [0, 0.05) is 32.2 Å². The molecule has 0 spiro atoms. The molecule has 0 radical (unpaired) electrons. The minimum Gasteiger partial charge on any atom is -0.444 e. The first-order valence-corrected chi connectivity index (χ1v) is 7.13. The molecule has 1 aliphatic rings. The van der Waals surface area contributed by atoms with E-state index < -0.39 is 5.60 Å². The van der Waals surface area contributed by atoms with Crippen LogP contribution in [0.1, 0.15) is 41.0 Å². The molecule has 19 heavy (non-hydrogen) atoms. The van der Waals surface area contributed by atoms with E-state index in [-0.39, 0.29) is 18.2 Å². The van der Waals surface area contributed by atoms with Gasteiger partial charge in [-0.15, -0.1) is 0 Å². The molecule has 0 aliphatic carbocycles. The molecule has 0 aromatic carbocycles. The summed E-state index contributed by atoms with van der Waals surface area (Å²) in [5.74, 6) is 0. The lowest BCUT2D eigenvalue weighted by atomic mass is 10.1. The van der Waals surface area contributed by atoms with Gasteiger partial charge in [-0.05, 0) is 34.1 Å². The van der Waals surface area contributed by atoms with Crippen LogP contribution >= 0.6 is 0 Å². The van der Waals surface area contributed by atoms with Gasteiger partial charge in [0.25, 0.3) is 0 Å². The number of aliphatic hydroxyl groups is 1. The molecule has 1 fully saturated rings. The maximum Gasteiger partial charge on any atom is 0.410 e. The van der Waals surface area contributed by atoms with Gasteiger partial charge in [-0.3, -0.25) is 4.90 Å². The highest BCUT2D eigenvalue weighted by Crippen LogP contribution is 2.16. The van der Waals surface area contributed by atoms with Crippen molar-refractivity contribution in [3.63, 3.8) is 0 Å². The minimum absolute atomic E-state index is 0.118. The first-order chi connectivity index (χ1) is 8.73. The van der Waals surface area contributed by atoms with Crippen LogP contribution in [-0.2, 0) is 4.74 Å². The molecule has 1 N–H and O–H groups in total. The van der Waals surface area contributed by atoms with E-state index in [0.717, 1.165) is 19.5 Å². The summed E-state index contributed by atoms with van der Waals surface area (Å²) >= 11 is 0. The Balaban J connectivity index is 2.48. The van der Waals surface area contributed by atoms with Crippen LogP contribution in [0.5, 0.6) is 0 Å². The Hall–Kier alpha value is -0.810. The van der Waals surface area contributed by atoms with Crippen molar-refractivity contribution in [1.82, 2.24) is 9.80 Å². The van der Waals surface area contributed by atoms with Gasteiger partial charge in [-0.25, -0.2) is 4.79 Å². The van der Waals surface area contributed by atoms with E-state index in [9.17, 15) is 9.90 Å². The fourth-order valence-corrected chi connectivity index (χ4v) is 2.22. The summed E-state index contributed by atoms with van der Waals surface area (Å²) in [6.45, 7) is 12.6. The number of carbonyl (C=O) groups is 1. The van der Waals surface area contributed by atoms with Crippen LogP contribution in [0.15, 0.2) is 0 Å². The first kappa shape index (κ1) is 16.2. The average Bonchev–Trinajstić information content (AvgIpc) is 2.26. The molecule has 5 heteroatoms. The molecule has 0 saturated carbocycles. The lowest BCUT2D eigenvalue weighted by Crippen LogP contribution is -2.56. The lowest BCUT2D eigenvalue weighted by Gasteiger charge is -2.40. The zero-order chi connectivity index (χ0) is 14.6. The second-order valence-corrected chi connectivity index (χ2v) is 6.34. The predicted octanol–water partition coefficient (Wildman–Crippen LogP) is 1.70. The monoisotopic (exact) mass is 272 g/mol. The Kier molecular flexibility index (Phi) is 5.62. The fourth-order valence-electron chi connectivity index (χ4n) is 2.22. The van der Waals surface area contributed by atoms with E-state index in [1.165, 1.54) is 0 Å². The Bertz CT molecular complexity index is 302. The van der Waals surface area contributed by atoms with Gasteiger partial charge in [-0.2, -0.15) is 0 Å². The summed E-state index contributed by atoms with van der Waals surface area (Å²) < 4.78 is 5.40. The van der Waals surface area contributed by atoms with E-state index in [1.807, 2.05) is 34.6 Å². The third-order valence-electron chi connectivity index (χ3n) is 3.28. The van der Waals surface area contributed by atoms with Crippen molar-refractivity contribution in [2.75, 3.05) is 26.2 Å². The average molecular weight is 272 g/mol. The standard InChI is InChI=1S/C14H28N2O3/c1-6-12(17)10-15-7-8-16(11(2)9-15)13(18)19-14(3,4)5/h11-12,17H,6-10H2,1-5H3/t11-,12-/m0/s1. The molecular weight excluding hydrogens is 244 g/mol. The normalized spacial score (nSPS) is 23.3. The largest absolute Gasteiger partial charge is 0.444 e. The number of hydrogen-bond donors (Lipinski definition) is 1. The highest BCUT2D eigenvalue weighted by atomic mass is 16.6. The molecule has 0 bridgehead atoms. The SMILES string of the molecule is CC[C@H](O)CN1CCN(C(=O)OC(C)(C)C)[C@@H](C)C1. The van der Waals surface area contributed by atoms with Gasteiger partial charge in [0.15, 0.2) is 0 Å². The van der Waals surface area contributed by atoms with E-state index in [4.69, 9.17) is 4.74 Å². The van der Waals surface area contributed by atoms with Crippen LogP contribution in [-0.4, -0.2) is 64.9 Å². The highest BCUT2D eigenvalue weighted by Gasteiger charge is 2.31. The number of β-amino-alcohol motifs (C(OH)–C–C–N with tert-alkyl or cyclic N) is 1. The van der Waals surface area contributed by atoms with Gasteiger partial charge in [0.05, 0.1) is 6.10 Å². The summed E-state index contributed by atoms with van der Waals surface area (Å²) in [6.07, 6.45) is 0.247. The van der Waals surface area contributed by atoms with Crippen LogP contribution < -0.4 is 0 Å². The van der Waals surface area contributed by atoms with Crippen molar-refractivity contribution >= 4 is 6.09 Å². The van der Waals surface area contributed by atoms with Gasteiger partial charge in [0.1, 0.15) is 5.60 Å². The summed E-state index contributed by atoms with van der Waals surface area (Å²) in [5.41, 5.74) is -0.452. The van der Waals surface area contributed by atoms with E-state index in [1.54, 1.807) is 4.90 Å². The van der Waals surface area contributed by atoms with E-state index >= 15 is 0 Å². The molecule has 1 aliphatic heterocycles. The second-order valence-electron chi connectivity index (χ2n) is 6.34. The lowest BCUT2D eigenvalue weighted by molar-refractivity contribution is -0.00420. The number of hydrogen-bond acceptors (Lipinski definition) is 4. The number of amides is 1. The number of piperazine rings is 1. The number of nitrogens with zero attached hydrogens (tertiary/aromatic N) is 2. The summed E-state index contributed by atoms with van der Waals surface area (Å²) in [4.78, 5) is 16.0. The molecule has 0 aromatic heterocycles. The van der Waals surface area contributed by atoms with Crippen LogP contribution in [0.3, 0.4) is 0 Å². The second kappa shape index (κ2) is 6.57. The number of rotatable bonds is 3.